The zero-order valence-electron chi connectivity index (χ0n) is 14.2. The molecule has 0 aliphatic heterocycles. The molecule has 0 unspecified atom stereocenters. The highest BCUT2D eigenvalue weighted by Crippen LogP contribution is 2.26. The van der Waals surface area contributed by atoms with Crippen molar-refractivity contribution in [1.29, 1.82) is 0 Å². The molecule has 2 aromatic carbocycles. The lowest BCUT2D eigenvalue weighted by Gasteiger charge is -2.08. The minimum absolute atomic E-state index is 0.302. The van der Waals surface area contributed by atoms with Gasteiger partial charge in [0.25, 0.3) is 5.91 Å². The maximum atomic E-state index is 12.5. The molecule has 0 aliphatic carbocycles. The highest BCUT2D eigenvalue weighted by Gasteiger charge is 2.14. The van der Waals surface area contributed by atoms with Gasteiger partial charge in [-0.05, 0) is 42.8 Å². The van der Waals surface area contributed by atoms with Crippen LogP contribution in [0.25, 0.3) is 11.3 Å². The Morgan fingerprint density at radius 2 is 1.92 bits per heavy atom. The number of hydrogen-bond acceptors (Lipinski definition) is 4. The van der Waals surface area contributed by atoms with Crippen LogP contribution in [0.2, 0.25) is 5.02 Å². The molecule has 0 fully saturated rings. The molecule has 3 rings (SSSR count). The van der Waals surface area contributed by atoms with Crippen LogP contribution in [0.5, 0.6) is 0 Å². The van der Waals surface area contributed by atoms with Crippen LogP contribution >= 0.6 is 11.6 Å². The maximum Gasteiger partial charge on any atom is 0.337 e. The summed E-state index contributed by atoms with van der Waals surface area (Å²) in [7, 11) is 1.32. The molecule has 1 heterocycles. The Morgan fingerprint density at radius 3 is 2.62 bits per heavy atom. The molecule has 0 spiro atoms. The highest BCUT2D eigenvalue weighted by atomic mass is 35.5. The number of aryl methyl sites for hydroxylation is 1. The van der Waals surface area contributed by atoms with Crippen molar-refractivity contribution in [3.05, 3.63) is 70.4 Å². The smallest absolute Gasteiger partial charge is 0.337 e. The van der Waals surface area contributed by atoms with E-state index in [1.54, 1.807) is 37.3 Å². The molecule has 0 radical (unpaired) electrons. The Hall–Kier alpha value is -3.12. The first kappa shape index (κ1) is 17.7. The second-order valence-electron chi connectivity index (χ2n) is 5.62. The minimum Gasteiger partial charge on any atom is -0.465 e. The quantitative estimate of drug-likeness (QED) is 0.679. The van der Waals surface area contributed by atoms with Crippen molar-refractivity contribution >= 4 is 29.2 Å². The Balaban J connectivity index is 1.79. The Labute approximate surface area is 155 Å². The first-order chi connectivity index (χ1) is 12.5. The number of nitrogens with zero attached hydrogens (tertiary/aromatic N) is 1. The Bertz CT molecular complexity index is 982. The first-order valence-electron chi connectivity index (χ1n) is 7.80. The van der Waals surface area contributed by atoms with Crippen molar-refractivity contribution in [3.63, 3.8) is 0 Å². The van der Waals surface area contributed by atoms with Crippen molar-refractivity contribution in [1.82, 2.24) is 10.2 Å². The number of nitrogens with one attached hydrogen (secondary N) is 2. The molecule has 0 atom stereocenters. The number of carbonyl (C=O) groups is 2. The fraction of sp³-hybridized carbons (Fsp3) is 0.105. The summed E-state index contributed by atoms with van der Waals surface area (Å²) in [6, 6.07) is 13.8. The number of ether oxygens (including phenoxy) is 1. The van der Waals surface area contributed by atoms with Gasteiger partial charge in [0.2, 0.25) is 0 Å². The van der Waals surface area contributed by atoms with Crippen LogP contribution in [0.1, 0.15) is 26.4 Å². The van der Waals surface area contributed by atoms with E-state index < -0.39 is 5.97 Å². The second-order valence-corrected chi connectivity index (χ2v) is 6.03. The minimum atomic E-state index is -0.427. The summed E-state index contributed by atoms with van der Waals surface area (Å²) < 4.78 is 4.69. The standard InChI is InChI=1S/C19H16ClN3O3/c1-11-9-12(19(25)26-2)7-8-15(11)21-18(24)17-10-16(22-23-17)13-5-3-4-6-14(13)20/h3-10H,1-2H3,(H,21,24)(H,22,23). The SMILES string of the molecule is COC(=O)c1ccc(NC(=O)c2cc(-c3ccccc3Cl)n[nH]2)c(C)c1. The lowest BCUT2D eigenvalue weighted by Crippen LogP contribution is -2.13. The number of aromatic amines is 1. The molecule has 1 aromatic heterocycles. The van der Waals surface area contributed by atoms with E-state index in [0.29, 0.717) is 27.7 Å². The van der Waals surface area contributed by atoms with Crippen molar-refractivity contribution in [2.75, 3.05) is 12.4 Å². The number of carbonyl (C=O) groups excluding carboxylic acids is 2. The van der Waals surface area contributed by atoms with Gasteiger partial charge in [-0.1, -0.05) is 29.8 Å². The monoisotopic (exact) mass is 369 g/mol. The van der Waals surface area contributed by atoms with Crippen LogP contribution < -0.4 is 5.32 Å². The first-order valence-corrected chi connectivity index (χ1v) is 8.18. The van der Waals surface area contributed by atoms with Gasteiger partial charge in [-0.15, -0.1) is 0 Å². The fourth-order valence-corrected chi connectivity index (χ4v) is 2.72. The third kappa shape index (κ3) is 3.60. The molecule has 1 amide bonds. The summed E-state index contributed by atoms with van der Waals surface area (Å²) in [6.07, 6.45) is 0. The van der Waals surface area contributed by atoms with Crippen LogP contribution in [-0.2, 0) is 4.74 Å². The number of halogens is 1. The van der Waals surface area contributed by atoms with E-state index in [1.165, 1.54) is 7.11 Å². The zero-order valence-corrected chi connectivity index (χ0v) is 14.9. The average molecular weight is 370 g/mol. The van der Waals surface area contributed by atoms with Gasteiger partial charge in [0.1, 0.15) is 5.69 Å². The summed E-state index contributed by atoms with van der Waals surface area (Å²) >= 11 is 6.16. The summed E-state index contributed by atoms with van der Waals surface area (Å²) in [4.78, 5) is 24.0. The van der Waals surface area contributed by atoms with Crippen LogP contribution in [0.4, 0.5) is 5.69 Å². The third-order valence-corrected chi connectivity index (χ3v) is 4.20. The van der Waals surface area contributed by atoms with E-state index in [-0.39, 0.29) is 5.91 Å². The number of esters is 1. The number of H-pyrrole nitrogens is 1. The zero-order chi connectivity index (χ0) is 18.7. The number of anilines is 1. The predicted octanol–water partition coefficient (Wildman–Crippen LogP) is 4.08. The summed E-state index contributed by atoms with van der Waals surface area (Å²) in [6.45, 7) is 1.80. The van der Waals surface area contributed by atoms with Gasteiger partial charge in [0.05, 0.1) is 23.4 Å². The highest BCUT2D eigenvalue weighted by molar-refractivity contribution is 6.33. The summed E-state index contributed by atoms with van der Waals surface area (Å²) in [5, 5.41) is 10.2. The van der Waals surface area contributed by atoms with E-state index in [9.17, 15) is 9.59 Å². The number of aromatic nitrogens is 2. The summed E-state index contributed by atoms with van der Waals surface area (Å²) in [5.74, 6) is -0.770. The van der Waals surface area contributed by atoms with E-state index in [0.717, 1.165) is 11.1 Å². The molecule has 6 nitrogen and oxygen atoms in total. The number of methoxy groups -OCH3 is 1. The second kappa shape index (κ2) is 7.41. The number of benzene rings is 2. The fourth-order valence-electron chi connectivity index (χ4n) is 2.48. The van der Waals surface area contributed by atoms with E-state index in [4.69, 9.17) is 11.6 Å². The van der Waals surface area contributed by atoms with Crippen molar-refractivity contribution in [2.24, 2.45) is 0 Å². The lowest BCUT2D eigenvalue weighted by molar-refractivity contribution is 0.0600. The average Bonchev–Trinajstić information content (AvgIpc) is 3.13. The van der Waals surface area contributed by atoms with Crippen LogP contribution in [0.3, 0.4) is 0 Å². The molecule has 0 bridgehead atoms. The third-order valence-electron chi connectivity index (χ3n) is 3.87. The van der Waals surface area contributed by atoms with Gasteiger partial charge in [-0.2, -0.15) is 5.10 Å². The molecule has 3 aromatic rings. The molecule has 0 saturated carbocycles. The van der Waals surface area contributed by atoms with Crippen molar-refractivity contribution in [3.8, 4) is 11.3 Å². The normalized spacial score (nSPS) is 10.4. The number of amides is 1. The molecular weight excluding hydrogens is 354 g/mol. The van der Waals surface area contributed by atoms with Crippen molar-refractivity contribution < 1.29 is 14.3 Å². The number of rotatable bonds is 4. The van der Waals surface area contributed by atoms with Gasteiger partial charge in [0.15, 0.2) is 0 Å². The van der Waals surface area contributed by atoms with Gasteiger partial charge in [0, 0.05) is 11.3 Å². The Kier molecular flexibility index (Phi) is 5.04. The molecule has 26 heavy (non-hydrogen) atoms. The maximum absolute atomic E-state index is 12.5. The molecule has 132 valence electrons. The topological polar surface area (TPSA) is 84.1 Å². The van der Waals surface area contributed by atoms with E-state index in [2.05, 4.69) is 20.3 Å². The lowest BCUT2D eigenvalue weighted by atomic mass is 10.1. The number of hydrogen-bond donors (Lipinski definition) is 2. The molecular formula is C19H16ClN3O3. The molecule has 2 N–H and O–H groups in total. The van der Waals surface area contributed by atoms with Gasteiger partial charge in [-0.25, -0.2) is 4.79 Å². The largest absolute Gasteiger partial charge is 0.465 e. The van der Waals surface area contributed by atoms with Crippen LogP contribution in [-0.4, -0.2) is 29.2 Å². The summed E-state index contributed by atoms with van der Waals surface area (Å²) in [5.41, 5.74) is 3.38. The predicted molar refractivity (Wildman–Crippen MR) is 99.5 cm³/mol. The van der Waals surface area contributed by atoms with E-state index in [1.807, 2.05) is 18.2 Å². The van der Waals surface area contributed by atoms with Crippen LogP contribution in [0.15, 0.2) is 48.5 Å². The van der Waals surface area contributed by atoms with E-state index >= 15 is 0 Å². The van der Waals surface area contributed by atoms with Crippen molar-refractivity contribution in [2.45, 2.75) is 6.92 Å². The molecule has 7 heteroatoms. The van der Waals surface area contributed by atoms with Gasteiger partial charge >= 0.3 is 5.97 Å². The Morgan fingerprint density at radius 1 is 1.15 bits per heavy atom. The van der Waals surface area contributed by atoms with Crippen LogP contribution in [0, 0.1) is 6.92 Å². The van der Waals surface area contributed by atoms with Gasteiger partial charge in [-0.3, -0.25) is 9.89 Å². The van der Waals surface area contributed by atoms with Gasteiger partial charge < -0.3 is 10.1 Å². The molecule has 0 aliphatic rings. The molecule has 0 saturated heterocycles.